The molecular weight excluding hydrogens is 184 g/mol. The molecule has 2 saturated heterocycles. The second-order valence-electron chi connectivity index (χ2n) is 4.08. The van der Waals surface area contributed by atoms with Gasteiger partial charge >= 0.3 is 6.03 Å². The summed E-state index contributed by atoms with van der Waals surface area (Å²) in [6, 6.07) is 0.0380. The van der Waals surface area contributed by atoms with Crippen molar-refractivity contribution in [3.63, 3.8) is 0 Å². The lowest BCUT2D eigenvalue weighted by Gasteiger charge is -2.26. The molecule has 2 unspecified atom stereocenters. The summed E-state index contributed by atoms with van der Waals surface area (Å²) >= 11 is 0. The van der Waals surface area contributed by atoms with E-state index in [-0.39, 0.29) is 18.2 Å². The Kier molecular flexibility index (Phi) is 1.67. The number of carbonyl (C=O) groups excluding carboxylic acids is 1. The molecule has 5 nitrogen and oxygen atoms in total. The van der Waals surface area contributed by atoms with E-state index in [0.29, 0.717) is 4.48 Å². The normalized spacial score (nSPS) is 43.9. The molecule has 0 spiro atoms. The third-order valence-electron chi connectivity index (χ3n) is 2.83. The number of nitrogens with one attached hydrogen (secondary N) is 1. The van der Waals surface area contributed by atoms with Crippen LogP contribution in [0.5, 0.6) is 0 Å². The van der Waals surface area contributed by atoms with Gasteiger partial charge in [0.1, 0.15) is 31.5 Å². The first-order valence-electron chi connectivity index (χ1n) is 4.87. The fourth-order valence-corrected chi connectivity index (χ4v) is 1.88. The summed E-state index contributed by atoms with van der Waals surface area (Å²) in [5.74, 6) is 0. The zero-order chi connectivity index (χ0) is 9.60. The van der Waals surface area contributed by atoms with E-state index >= 15 is 0 Å². The molecule has 0 saturated carbocycles. The van der Waals surface area contributed by atoms with Crippen LogP contribution < -0.4 is 5.32 Å². The number of carbonyl (C=O) groups is 1. The predicted octanol–water partition coefficient (Wildman–Crippen LogP) is -0.205. The zero-order valence-electron chi connectivity index (χ0n) is 7.81. The van der Waals surface area contributed by atoms with Crippen molar-refractivity contribution in [2.24, 2.45) is 0 Å². The molecule has 76 valence electrons. The van der Waals surface area contributed by atoms with Gasteiger partial charge in [-0.3, -0.25) is 5.32 Å². The lowest BCUT2D eigenvalue weighted by atomic mass is 10.3. The van der Waals surface area contributed by atoms with Gasteiger partial charge in [-0.05, 0) is 0 Å². The Labute approximate surface area is 81.9 Å². The van der Waals surface area contributed by atoms with Crippen molar-refractivity contribution < 1.29 is 18.8 Å². The Morgan fingerprint density at radius 3 is 2.29 bits per heavy atom. The number of amides is 2. The van der Waals surface area contributed by atoms with Crippen LogP contribution in [0.2, 0.25) is 0 Å². The van der Waals surface area contributed by atoms with E-state index in [2.05, 4.69) is 5.32 Å². The van der Waals surface area contributed by atoms with Crippen LogP contribution in [0.3, 0.4) is 0 Å². The van der Waals surface area contributed by atoms with Gasteiger partial charge in [-0.25, -0.2) is 9.28 Å². The second kappa shape index (κ2) is 2.79. The van der Waals surface area contributed by atoms with Crippen LogP contribution in [0.15, 0.2) is 12.4 Å². The quantitative estimate of drug-likeness (QED) is 0.501. The fourth-order valence-electron chi connectivity index (χ4n) is 1.88. The Hall–Kier alpha value is -0.910. The summed E-state index contributed by atoms with van der Waals surface area (Å²) in [5.41, 5.74) is 0. The first-order chi connectivity index (χ1) is 6.78. The first-order valence-corrected chi connectivity index (χ1v) is 4.87. The summed E-state index contributed by atoms with van der Waals surface area (Å²) in [6.07, 6.45) is 4.13. The first kappa shape index (κ1) is 8.40. The maximum Gasteiger partial charge on any atom is 0.425 e. The molecule has 1 N–H and O–H groups in total. The largest absolute Gasteiger partial charge is 0.425 e. The maximum atomic E-state index is 11.7. The highest BCUT2D eigenvalue weighted by molar-refractivity contribution is 5.70. The van der Waals surface area contributed by atoms with E-state index in [1.54, 1.807) is 6.20 Å². The highest BCUT2D eigenvalue weighted by Gasteiger charge is 2.48. The third kappa shape index (κ3) is 1.43. The minimum absolute atomic E-state index is 0.0380. The molecule has 0 aromatic heterocycles. The number of epoxide rings is 2. The summed E-state index contributed by atoms with van der Waals surface area (Å²) in [7, 11) is 0. The van der Waals surface area contributed by atoms with Gasteiger partial charge in [0.2, 0.25) is 0 Å². The van der Waals surface area contributed by atoms with E-state index in [4.69, 9.17) is 9.47 Å². The number of hydrogen-bond acceptors (Lipinski definition) is 3. The number of urea groups is 1. The molecule has 2 amide bonds. The maximum absolute atomic E-state index is 11.7. The smallest absolute Gasteiger partial charge is 0.367 e. The van der Waals surface area contributed by atoms with Crippen LogP contribution in [0, 0.1) is 0 Å². The van der Waals surface area contributed by atoms with Gasteiger partial charge in [0.15, 0.2) is 0 Å². The van der Waals surface area contributed by atoms with Gasteiger partial charge in [-0.1, -0.05) is 0 Å². The summed E-state index contributed by atoms with van der Waals surface area (Å²) < 4.78 is 10.7. The van der Waals surface area contributed by atoms with Crippen LogP contribution >= 0.6 is 0 Å². The average Bonchev–Trinajstić information content (AvgIpc) is 3.00. The van der Waals surface area contributed by atoms with Crippen LogP contribution in [0.25, 0.3) is 0 Å². The van der Waals surface area contributed by atoms with Crippen molar-refractivity contribution in [3.05, 3.63) is 12.4 Å². The van der Waals surface area contributed by atoms with Crippen molar-refractivity contribution in [2.75, 3.05) is 26.3 Å². The number of quaternary nitrogens is 1. The lowest BCUT2D eigenvalue weighted by Crippen LogP contribution is -2.52. The highest BCUT2D eigenvalue weighted by atomic mass is 16.6. The number of rotatable bonds is 4. The van der Waals surface area contributed by atoms with E-state index in [1.165, 1.54) is 0 Å². The van der Waals surface area contributed by atoms with Crippen molar-refractivity contribution in [2.45, 2.75) is 12.2 Å². The Balaban J connectivity index is 1.76. The van der Waals surface area contributed by atoms with E-state index in [0.717, 1.165) is 26.3 Å². The number of nitrogens with zero attached hydrogens (tertiary/aromatic N) is 1. The Bertz CT molecular complexity index is 280. The molecule has 0 radical (unpaired) electrons. The van der Waals surface area contributed by atoms with E-state index in [1.807, 2.05) is 6.20 Å². The highest BCUT2D eigenvalue weighted by Crippen LogP contribution is 2.25. The van der Waals surface area contributed by atoms with Crippen molar-refractivity contribution in [3.8, 4) is 0 Å². The van der Waals surface area contributed by atoms with Gasteiger partial charge in [0.25, 0.3) is 0 Å². The molecule has 14 heavy (non-hydrogen) atoms. The zero-order valence-corrected chi connectivity index (χ0v) is 7.81. The van der Waals surface area contributed by atoms with Gasteiger partial charge < -0.3 is 9.47 Å². The standard InChI is InChI=1S/C9H12N2O3/c12-9-10-1-2-11(9,3-7-5-13-7)4-8-6-14-8/h1-2,7-8H,3-6H2/p+1. The molecule has 0 aromatic rings. The van der Waals surface area contributed by atoms with Crippen LogP contribution in [-0.4, -0.2) is 49.0 Å². The monoisotopic (exact) mass is 197 g/mol. The van der Waals surface area contributed by atoms with E-state index < -0.39 is 0 Å². The van der Waals surface area contributed by atoms with Gasteiger partial charge in [0, 0.05) is 0 Å². The van der Waals surface area contributed by atoms with Crippen molar-refractivity contribution in [1.29, 1.82) is 0 Å². The lowest BCUT2D eigenvalue weighted by molar-refractivity contribution is -0.795. The van der Waals surface area contributed by atoms with Crippen LogP contribution in [0.1, 0.15) is 0 Å². The number of ether oxygens (including phenoxy) is 2. The number of hydrogen-bond donors (Lipinski definition) is 1. The molecule has 0 aliphatic carbocycles. The minimum Gasteiger partial charge on any atom is -0.367 e. The van der Waals surface area contributed by atoms with Gasteiger partial charge in [0.05, 0.1) is 19.4 Å². The van der Waals surface area contributed by atoms with E-state index in [9.17, 15) is 4.79 Å². The van der Waals surface area contributed by atoms with Gasteiger partial charge in [-0.15, -0.1) is 0 Å². The Morgan fingerprint density at radius 1 is 1.36 bits per heavy atom. The topological polar surface area (TPSA) is 54.2 Å². The van der Waals surface area contributed by atoms with Crippen molar-refractivity contribution >= 4 is 6.03 Å². The molecule has 3 heterocycles. The summed E-state index contributed by atoms with van der Waals surface area (Å²) in [6.45, 7) is 3.05. The molecule has 0 bridgehead atoms. The molecule has 3 aliphatic rings. The average molecular weight is 197 g/mol. The molecule has 3 rings (SSSR count). The van der Waals surface area contributed by atoms with Crippen LogP contribution in [0.4, 0.5) is 4.79 Å². The summed E-state index contributed by atoms with van der Waals surface area (Å²) in [5, 5.41) is 2.72. The molecule has 2 fully saturated rings. The second-order valence-corrected chi connectivity index (χ2v) is 4.08. The minimum atomic E-state index is 0.0380. The van der Waals surface area contributed by atoms with Crippen molar-refractivity contribution in [1.82, 2.24) is 5.32 Å². The molecule has 2 atom stereocenters. The molecular formula is C9H13N2O3+. The SMILES string of the molecule is O=C1NC=C[N+]1(CC1CO1)CC1CO1. The molecule has 3 aliphatic heterocycles. The fraction of sp³-hybridized carbons (Fsp3) is 0.667. The van der Waals surface area contributed by atoms with Crippen LogP contribution in [-0.2, 0) is 9.47 Å². The predicted molar refractivity (Wildman–Crippen MR) is 47.1 cm³/mol. The molecule has 5 heteroatoms. The third-order valence-corrected chi connectivity index (χ3v) is 2.83. The molecule has 0 aromatic carbocycles. The Morgan fingerprint density at radius 2 is 1.93 bits per heavy atom. The summed E-state index contributed by atoms with van der Waals surface area (Å²) in [4.78, 5) is 11.7. The van der Waals surface area contributed by atoms with Gasteiger partial charge in [-0.2, -0.15) is 0 Å².